The zero-order chi connectivity index (χ0) is 19.4. The van der Waals surface area contributed by atoms with Crippen molar-refractivity contribution in [2.24, 2.45) is 0 Å². The van der Waals surface area contributed by atoms with E-state index >= 15 is 0 Å². The molecule has 3 aromatic heterocycles. The lowest BCUT2D eigenvalue weighted by Crippen LogP contribution is -2.22. The summed E-state index contributed by atoms with van der Waals surface area (Å²) in [4.78, 5) is 20.3. The van der Waals surface area contributed by atoms with Gasteiger partial charge in [-0.1, -0.05) is 17.7 Å². The normalized spacial score (nSPS) is 11.3. The summed E-state index contributed by atoms with van der Waals surface area (Å²) in [5.41, 5.74) is -0.309. The molecule has 3 aromatic rings. The van der Waals surface area contributed by atoms with Crippen LogP contribution in [0.25, 0.3) is 0 Å². The molecular weight excluding hydrogens is 403 g/mol. The van der Waals surface area contributed by atoms with E-state index in [0.29, 0.717) is 11.9 Å². The zero-order valence-corrected chi connectivity index (χ0v) is 15.0. The summed E-state index contributed by atoms with van der Waals surface area (Å²) in [6.07, 6.45) is -2.33. The van der Waals surface area contributed by atoms with Crippen molar-refractivity contribution in [3.63, 3.8) is 0 Å². The van der Waals surface area contributed by atoms with E-state index in [4.69, 9.17) is 16.3 Å². The number of hydrogen-bond donors (Lipinski definition) is 1. The number of halogens is 4. The van der Waals surface area contributed by atoms with Crippen LogP contribution in [0, 0.1) is 0 Å². The number of carbonyl (C=O) groups is 1. The molecule has 140 valence electrons. The van der Waals surface area contributed by atoms with E-state index in [1.165, 1.54) is 6.07 Å². The number of nitrogens with zero attached hydrogens (tertiary/aromatic N) is 2. The van der Waals surface area contributed by atoms with Gasteiger partial charge in [0, 0.05) is 12.4 Å². The fourth-order valence-corrected chi connectivity index (χ4v) is 2.99. The molecule has 0 spiro atoms. The highest BCUT2D eigenvalue weighted by Gasteiger charge is 2.32. The molecule has 0 aromatic carbocycles. The van der Waals surface area contributed by atoms with E-state index in [-0.39, 0.29) is 28.1 Å². The highest BCUT2D eigenvalue weighted by molar-refractivity contribution is 7.12. The molecule has 1 N–H and O–H groups in total. The second-order valence-electron chi connectivity index (χ2n) is 5.23. The van der Waals surface area contributed by atoms with Gasteiger partial charge in [0.05, 0.1) is 17.8 Å². The number of thiophene rings is 1. The molecule has 0 radical (unpaired) electrons. The Kier molecular flexibility index (Phi) is 5.62. The van der Waals surface area contributed by atoms with E-state index in [0.717, 1.165) is 17.4 Å². The zero-order valence-electron chi connectivity index (χ0n) is 13.5. The molecule has 0 saturated carbocycles. The molecule has 0 aliphatic carbocycles. The van der Waals surface area contributed by atoms with Crippen LogP contribution < -0.4 is 10.1 Å². The Morgan fingerprint density at radius 3 is 2.74 bits per heavy atom. The Bertz CT molecular complexity index is 948. The van der Waals surface area contributed by atoms with Gasteiger partial charge in [0.15, 0.2) is 5.75 Å². The summed E-state index contributed by atoms with van der Waals surface area (Å²) >= 11 is 6.95. The van der Waals surface area contributed by atoms with Gasteiger partial charge in [-0.15, -0.1) is 11.3 Å². The number of hydrogen-bond acceptors (Lipinski definition) is 5. The van der Waals surface area contributed by atoms with Crippen LogP contribution in [-0.2, 0) is 12.7 Å². The van der Waals surface area contributed by atoms with Crippen LogP contribution >= 0.6 is 22.9 Å². The molecular formula is C17H11ClF3N3O2S. The summed E-state index contributed by atoms with van der Waals surface area (Å²) in [6.45, 7) is 0.219. The number of amides is 1. The minimum absolute atomic E-state index is 0.146. The maximum atomic E-state index is 12.7. The topological polar surface area (TPSA) is 64.1 Å². The number of rotatable bonds is 5. The van der Waals surface area contributed by atoms with Crippen molar-refractivity contribution >= 4 is 28.8 Å². The molecule has 1 amide bonds. The van der Waals surface area contributed by atoms with Gasteiger partial charge >= 0.3 is 6.18 Å². The van der Waals surface area contributed by atoms with Gasteiger partial charge in [0.2, 0.25) is 5.88 Å². The van der Waals surface area contributed by atoms with Gasteiger partial charge in [-0.2, -0.15) is 13.2 Å². The number of carbonyl (C=O) groups excluding carboxylic acids is 1. The van der Waals surface area contributed by atoms with Crippen LogP contribution in [-0.4, -0.2) is 15.9 Å². The first-order chi connectivity index (χ1) is 12.8. The number of aromatic nitrogens is 2. The van der Waals surface area contributed by atoms with E-state index in [2.05, 4.69) is 15.3 Å². The lowest BCUT2D eigenvalue weighted by Gasteiger charge is -2.10. The Labute approximate surface area is 160 Å². The Morgan fingerprint density at radius 2 is 2.07 bits per heavy atom. The molecule has 27 heavy (non-hydrogen) atoms. The van der Waals surface area contributed by atoms with Crippen molar-refractivity contribution in [2.75, 3.05) is 0 Å². The summed E-state index contributed by atoms with van der Waals surface area (Å²) in [5, 5.41) is 4.00. The first-order valence-electron chi connectivity index (χ1n) is 7.51. The minimum Gasteiger partial charge on any atom is -0.436 e. The van der Waals surface area contributed by atoms with Gasteiger partial charge in [0.25, 0.3) is 5.91 Å². The molecule has 0 bridgehead atoms. The molecule has 0 aliphatic heterocycles. The fourth-order valence-electron chi connectivity index (χ4n) is 2.06. The summed E-state index contributed by atoms with van der Waals surface area (Å²) < 4.78 is 43.5. The van der Waals surface area contributed by atoms with Crippen LogP contribution in [0.5, 0.6) is 11.6 Å². The highest BCUT2D eigenvalue weighted by atomic mass is 35.5. The predicted molar refractivity (Wildman–Crippen MR) is 94.0 cm³/mol. The summed E-state index contributed by atoms with van der Waals surface area (Å²) in [5.74, 6) is -0.483. The smallest absolute Gasteiger partial charge is 0.417 e. The molecule has 10 heteroatoms. The van der Waals surface area contributed by atoms with Crippen LogP contribution in [0.4, 0.5) is 13.2 Å². The molecule has 5 nitrogen and oxygen atoms in total. The number of alkyl halides is 3. The largest absolute Gasteiger partial charge is 0.436 e. The second kappa shape index (κ2) is 7.93. The van der Waals surface area contributed by atoms with Gasteiger partial charge in [-0.25, -0.2) is 4.98 Å². The lowest BCUT2D eigenvalue weighted by atomic mass is 10.3. The van der Waals surface area contributed by atoms with E-state index in [1.807, 2.05) is 0 Å². The van der Waals surface area contributed by atoms with Crippen LogP contribution in [0.3, 0.4) is 0 Å². The van der Waals surface area contributed by atoms with Crippen molar-refractivity contribution in [1.29, 1.82) is 0 Å². The maximum Gasteiger partial charge on any atom is 0.417 e. The van der Waals surface area contributed by atoms with Crippen LogP contribution in [0.1, 0.15) is 20.9 Å². The first-order valence-corrected chi connectivity index (χ1v) is 8.76. The molecule has 0 unspecified atom stereocenters. The van der Waals surface area contributed by atoms with E-state index in [9.17, 15) is 18.0 Å². The Morgan fingerprint density at radius 1 is 1.26 bits per heavy atom. The quantitative estimate of drug-likeness (QED) is 0.644. The van der Waals surface area contributed by atoms with Crippen molar-refractivity contribution in [3.05, 3.63) is 69.3 Å². The average Bonchev–Trinajstić information content (AvgIpc) is 3.09. The highest BCUT2D eigenvalue weighted by Crippen LogP contribution is 2.36. The molecule has 3 rings (SSSR count). The maximum absolute atomic E-state index is 12.7. The SMILES string of the molecule is O=C(NCc1ccccn1)c1sccc1Oc1ncc(C(F)(F)F)cc1Cl. The molecule has 0 aliphatic rings. The van der Waals surface area contributed by atoms with Crippen molar-refractivity contribution < 1.29 is 22.7 Å². The van der Waals surface area contributed by atoms with Gasteiger partial charge in [-0.05, 0) is 29.6 Å². The Hall–Kier alpha value is -2.65. The van der Waals surface area contributed by atoms with Gasteiger partial charge in [-0.3, -0.25) is 9.78 Å². The van der Waals surface area contributed by atoms with Crippen LogP contribution in [0.2, 0.25) is 5.02 Å². The third kappa shape index (κ3) is 4.75. The standard InChI is InChI=1S/C17H11ClF3N3O2S/c18-12-7-10(17(19,20)21)8-24-16(12)26-13-4-6-27-14(13)15(25)23-9-11-3-1-2-5-22-11/h1-8H,9H2,(H,23,25). The molecule has 0 atom stereocenters. The van der Waals surface area contributed by atoms with Crippen molar-refractivity contribution in [3.8, 4) is 11.6 Å². The van der Waals surface area contributed by atoms with Crippen molar-refractivity contribution in [1.82, 2.24) is 15.3 Å². The third-order valence-corrected chi connectivity index (χ3v) is 4.50. The number of pyridine rings is 2. The predicted octanol–water partition coefficient (Wildman–Crippen LogP) is 4.93. The molecule has 0 saturated heterocycles. The number of ether oxygens (including phenoxy) is 1. The molecule has 3 heterocycles. The first kappa shape index (κ1) is 19.1. The van der Waals surface area contributed by atoms with Crippen LogP contribution in [0.15, 0.2) is 48.1 Å². The third-order valence-electron chi connectivity index (χ3n) is 3.33. The van der Waals surface area contributed by atoms with Crippen molar-refractivity contribution in [2.45, 2.75) is 12.7 Å². The lowest BCUT2D eigenvalue weighted by molar-refractivity contribution is -0.137. The molecule has 0 fully saturated rings. The minimum atomic E-state index is -4.56. The average molecular weight is 414 g/mol. The van der Waals surface area contributed by atoms with Gasteiger partial charge in [0.1, 0.15) is 9.90 Å². The summed E-state index contributed by atoms with van der Waals surface area (Å²) in [7, 11) is 0. The monoisotopic (exact) mass is 413 g/mol. The fraction of sp³-hybridized carbons (Fsp3) is 0.118. The Balaban J connectivity index is 1.72. The summed E-state index contributed by atoms with van der Waals surface area (Å²) in [6, 6.07) is 7.55. The van der Waals surface area contributed by atoms with E-state index < -0.39 is 17.6 Å². The number of nitrogens with one attached hydrogen (secondary N) is 1. The van der Waals surface area contributed by atoms with E-state index in [1.54, 1.807) is 29.8 Å². The van der Waals surface area contributed by atoms with Gasteiger partial charge < -0.3 is 10.1 Å². The second-order valence-corrected chi connectivity index (χ2v) is 6.55.